The van der Waals surface area contributed by atoms with Crippen LogP contribution in [-0.2, 0) is 14.2 Å². The molecule has 6 nitrogen and oxygen atoms in total. The van der Waals surface area contributed by atoms with Gasteiger partial charge in [0, 0.05) is 32.8 Å². The van der Waals surface area contributed by atoms with Crippen molar-refractivity contribution in [3.63, 3.8) is 0 Å². The van der Waals surface area contributed by atoms with Gasteiger partial charge in [-0.05, 0) is 46.6 Å². The number of ether oxygens (including phenoxy) is 3. The first kappa shape index (κ1) is 19.2. The van der Waals surface area contributed by atoms with Crippen molar-refractivity contribution in [2.75, 3.05) is 46.6 Å². The molecular formula is C16H32N2O4. The van der Waals surface area contributed by atoms with Crippen LogP contribution in [0.15, 0.2) is 0 Å². The maximum absolute atomic E-state index is 12.2. The number of carbonyl (C=O) groups is 1. The van der Waals surface area contributed by atoms with Crippen LogP contribution in [0.3, 0.4) is 0 Å². The highest BCUT2D eigenvalue weighted by Crippen LogP contribution is 2.20. The van der Waals surface area contributed by atoms with Crippen molar-refractivity contribution in [2.24, 2.45) is 0 Å². The van der Waals surface area contributed by atoms with E-state index in [0.29, 0.717) is 13.2 Å². The zero-order valence-corrected chi connectivity index (χ0v) is 14.5. The second-order valence-corrected chi connectivity index (χ2v) is 6.63. The van der Waals surface area contributed by atoms with Crippen LogP contribution in [-0.4, -0.2) is 69.2 Å². The summed E-state index contributed by atoms with van der Waals surface area (Å²) in [4.78, 5) is 14.0. The largest absolute Gasteiger partial charge is 0.444 e. The van der Waals surface area contributed by atoms with E-state index in [-0.39, 0.29) is 12.1 Å². The number of methoxy groups -OCH3 is 1. The van der Waals surface area contributed by atoms with E-state index in [1.807, 2.05) is 25.7 Å². The summed E-state index contributed by atoms with van der Waals surface area (Å²) >= 11 is 0. The molecule has 0 aliphatic carbocycles. The van der Waals surface area contributed by atoms with Gasteiger partial charge in [-0.25, -0.2) is 4.79 Å². The summed E-state index contributed by atoms with van der Waals surface area (Å²) in [5, 5.41) is 3.41. The zero-order chi connectivity index (χ0) is 16.4. The van der Waals surface area contributed by atoms with E-state index >= 15 is 0 Å². The molecule has 0 saturated carbocycles. The topological polar surface area (TPSA) is 60.0 Å². The number of nitrogens with one attached hydrogen (secondary N) is 1. The van der Waals surface area contributed by atoms with Crippen LogP contribution in [0.5, 0.6) is 0 Å². The number of amides is 1. The van der Waals surface area contributed by atoms with Crippen LogP contribution in [0, 0.1) is 0 Å². The molecule has 0 radical (unpaired) electrons. The second kappa shape index (κ2) is 10.0. The lowest BCUT2D eigenvalue weighted by Gasteiger charge is -2.28. The van der Waals surface area contributed by atoms with E-state index in [1.54, 1.807) is 7.11 Å². The molecule has 1 heterocycles. The predicted octanol–water partition coefficient (Wildman–Crippen LogP) is 2.03. The van der Waals surface area contributed by atoms with Crippen LogP contribution in [0.1, 0.15) is 40.0 Å². The van der Waals surface area contributed by atoms with Gasteiger partial charge < -0.3 is 24.4 Å². The molecule has 1 unspecified atom stereocenters. The van der Waals surface area contributed by atoms with Gasteiger partial charge in [-0.1, -0.05) is 0 Å². The average molecular weight is 316 g/mol. The lowest BCUT2D eigenvalue weighted by atomic mass is 10.2. The fourth-order valence-corrected chi connectivity index (χ4v) is 2.42. The third kappa shape index (κ3) is 7.96. The quantitative estimate of drug-likeness (QED) is 0.660. The molecule has 0 aromatic rings. The molecule has 0 aromatic carbocycles. The molecule has 0 bridgehead atoms. The molecule has 1 rings (SSSR count). The fraction of sp³-hybridized carbons (Fsp3) is 0.938. The second-order valence-electron chi connectivity index (χ2n) is 6.63. The summed E-state index contributed by atoms with van der Waals surface area (Å²) in [6.45, 7) is 10.2. The van der Waals surface area contributed by atoms with Gasteiger partial charge in [0.1, 0.15) is 5.60 Å². The number of hydrogen-bond acceptors (Lipinski definition) is 5. The maximum Gasteiger partial charge on any atom is 0.410 e. The number of rotatable bonds is 9. The van der Waals surface area contributed by atoms with Crippen molar-refractivity contribution in [1.29, 1.82) is 0 Å². The normalized spacial score (nSPS) is 18.7. The van der Waals surface area contributed by atoms with Crippen molar-refractivity contribution in [3.8, 4) is 0 Å². The van der Waals surface area contributed by atoms with Crippen molar-refractivity contribution in [1.82, 2.24) is 10.2 Å². The van der Waals surface area contributed by atoms with Crippen molar-refractivity contribution in [2.45, 2.75) is 51.7 Å². The third-order valence-electron chi connectivity index (χ3n) is 3.46. The van der Waals surface area contributed by atoms with Gasteiger partial charge in [-0.15, -0.1) is 0 Å². The Balaban J connectivity index is 2.15. The highest BCUT2D eigenvalue weighted by atomic mass is 16.6. The predicted molar refractivity (Wildman–Crippen MR) is 86.1 cm³/mol. The first-order valence-electron chi connectivity index (χ1n) is 8.21. The minimum atomic E-state index is -0.433. The lowest BCUT2D eigenvalue weighted by Crippen LogP contribution is -2.44. The van der Waals surface area contributed by atoms with Crippen LogP contribution >= 0.6 is 0 Å². The molecule has 1 fully saturated rings. The van der Waals surface area contributed by atoms with Gasteiger partial charge in [-0.3, -0.25) is 0 Å². The molecule has 0 spiro atoms. The standard InChI is InChI=1S/C16H32N2O4/c1-16(2,3)22-15(19)18-9-5-7-14(18)13-17-8-6-10-21-12-11-20-4/h14,17H,5-13H2,1-4H3. The first-order valence-corrected chi connectivity index (χ1v) is 8.21. The van der Waals surface area contributed by atoms with E-state index in [2.05, 4.69) is 5.32 Å². The molecule has 1 atom stereocenters. The number of likely N-dealkylation sites (tertiary alicyclic amines) is 1. The summed E-state index contributed by atoms with van der Waals surface area (Å²) < 4.78 is 15.8. The van der Waals surface area contributed by atoms with Gasteiger partial charge in [0.05, 0.1) is 13.2 Å². The first-order chi connectivity index (χ1) is 10.4. The highest BCUT2D eigenvalue weighted by Gasteiger charge is 2.31. The van der Waals surface area contributed by atoms with Gasteiger partial charge in [0.2, 0.25) is 0 Å². The summed E-state index contributed by atoms with van der Waals surface area (Å²) in [5.74, 6) is 0. The molecule has 1 amide bonds. The van der Waals surface area contributed by atoms with Crippen molar-refractivity contribution < 1.29 is 19.0 Å². The molecular weight excluding hydrogens is 284 g/mol. The molecule has 22 heavy (non-hydrogen) atoms. The molecule has 1 N–H and O–H groups in total. The van der Waals surface area contributed by atoms with Gasteiger partial charge in [0.25, 0.3) is 0 Å². The van der Waals surface area contributed by atoms with Crippen LogP contribution in [0.2, 0.25) is 0 Å². The van der Waals surface area contributed by atoms with Crippen LogP contribution in [0.4, 0.5) is 4.79 Å². The molecule has 1 aliphatic rings. The SMILES string of the molecule is COCCOCCCNCC1CCCN1C(=O)OC(C)(C)C. The van der Waals surface area contributed by atoms with Gasteiger partial charge in [0.15, 0.2) is 0 Å². The zero-order valence-electron chi connectivity index (χ0n) is 14.5. The van der Waals surface area contributed by atoms with Crippen molar-refractivity contribution in [3.05, 3.63) is 0 Å². The van der Waals surface area contributed by atoms with Gasteiger partial charge >= 0.3 is 6.09 Å². The smallest absolute Gasteiger partial charge is 0.410 e. The monoisotopic (exact) mass is 316 g/mol. The molecule has 130 valence electrons. The lowest BCUT2D eigenvalue weighted by molar-refractivity contribution is 0.0226. The molecule has 6 heteroatoms. The molecule has 1 saturated heterocycles. The Kier molecular flexibility index (Phi) is 8.75. The Morgan fingerprint density at radius 1 is 1.27 bits per heavy atom. The number of nitrogens with zero attached hydrogens (tertiary/aromatic N) is 1. The maximum atomic E-state index is 12.2. The average Bonchev–Trinajstić information content (AvgIpc) is 2.88. The summed E-state index contributed by atoms with van der Waals surface area (Å²) in [6.07, 6.45) is 2.85. The Morgan fingerprint density at radius 3 is 2.73 bits per heavy atom. The molecule has 1 aliphatic heterocycles. The van der Waals surface area contributed by atoms with Crippen LogP contribution in [0.25, 0.3) is 0 Å². The fourth-order valence-electron chi connectivity index (χ4n) is 2.42. The summed E-state index contributed by atoms with van der Waals surface area (Å²) in [7, 11) is 1.67. The van der Waals surface area contributed by atoms with Crippen LogP contribution < -0.4 is 5.32 Å². The Morgan fingerprint density at radius 2 is 2.05 bits per heavy atom. The number of carbonyl (C=O) groups excluding carboxylic acids is 1. The third-order valence-corrected chi connectivity index (χ3v) is 3.46. The van der Waals surface area contributed by atoms with E-state index in [4.69, 9.17) is 14.2 Å². The van der Waals surface area contributed by atoms with E-state index in [0.717, 1.165) is 45.5 Å². The van der Waals surface area contributed by atoms with E-state index in [1.165, 1.54) is 0 Å². The minimum Gasteiger partial charge on any atom is -0.444 e. The van der Waals surface area contributed by atoms with E-state index in [9.17, 15) is 4.79 Å². The van der Waals surface area contributed by atoms with E-state index < -0.39 is 5.60 Å². The Hall–Kier alpha value is -0.850. The number of hydrogen-bond donors (Lipinski definition) is 1. The highest BCUT2D eigenvalue weighted by molar-refractivity contribution is 5.69. The summed E-state index contributed by atoms with van der Waals surface area (Å²) in [5.41, 5.74) is -0.433. The Bertz CT molecular complexity index is 318. The summed E-state index contributed by atoms with van der Waals surface area (Å²) in [6, 6.07) is 0.240. The Labute approximate surface area is 134 Å². The minimum absolute atomic E-state index is 0.195. The van der Waals surface area contributed by atoms with Crippen molar-refractivity contribution >= 4 is 6.09 Å². The van der Waals surface area contributed by atoms with Gasteiger partial charge in [-0.2, -0.15) is 0 Å². The molecule has 0 aromatic heterocycles.